The van der Waals surface area contributed by atoms with E-state index < -0.39 is 6.10 Å². The fourth-order valence-corrected chi connectivity index (χ4v) is 2.42. The van der Waals surface area contributed by atoms with Gasteiger partial charge >= 0.3 is 0 Å². The summed E-state index contributed by atoms with van der Waals surface area (Å²) < 4.78 is 0. The molecule has 0 amide bonds. The Bertz CT molecular complexity index is 297. The van der Waals surface area contributed by atoms with Crippen LogP contribution in [0.15, 0.2) is 30.3 Å². The van der Waals surface area contributed by atoms with Crippen molar-refractivity contribution in [1.82, 2.24) is 0 Å². The van der Waals surface area contributed by atoms with Crippen molar-refractivity contribution in [3.63, 3.8) is 0 Å². The van der Waals surface area contributed by atoms with Crippen LogP contribution >= 0.6 is 0 Å². The molecule has 1 aromatic rings. The van der Waals surface area contributed by atoms with E-state index in [1.807, 2.05) is 30.3 Å². The monoisotopic (exact) mass is 206 g/mol. The summed E-state index contributed by atoms with van der Waals surface area (Å²) in [5, 5.41) is 19.7. The first-order valence-electron chi connectivity index (χ1n) is 5.67. The molecule has 1 saturated carbocycles. The molecule has 2 N–H and O–H groups in total. The highest BCUT2D eigenvalue weighted by Gasteiger charge is 2.31. The highest BCUT2D eigenvalue weighted by atomic mass is 16.3. The maximum Gasteiger partial charge on any atom is 0.0633 e. The second-order valence-corrected chi connectivity index (χ2v) is 4.42. The molecule has 0 aliphatic heterocycles. The van der Waals surface area contributed by atoms with Gasteiger partial charge in [0.2, 0.25) is 0 Å². The van der Waals surface area contributed by atoms with Crippen LogP contribution in [0.5, 0.6) is 0 Å². The molecule has 0 radical (unpaired) electrons. The molecule has 1 aliphatic rings. The summed E-state index contributed by atoms with van der Waals surface area (Å²) in [6, 6.07) is 9.97. The second-order valence-electron chi connectivity index (χ2n) is 4.42. The van der Waals surface area contributed by atoms with Gasteiger partial charge in [0.15, 0.2) is 0 Å². The van der Waals surface area contributed by atoms with E-state index in [9.17, 15) is 10.2 Å². The second kappa shape index (κ2) is 4.77. The minimum atomic E-state index is -0.398. The van der Waals surface area contributed by atoms with Gasteiger partial charge < -0.3 is 10.2 Å². The fraction of sp³-hybridized carbons (Fsp3) is 0.538. The van der Waals surface area contributed by atoms with E-state index in [2.05, 4.69) is 0 Å². The van der Waals surface area contributed by atoms with E-state index in [-0.39, 0.29) is 12.0 Å². The molecule has 0 bridgehead atoms. The molecule has 0 heterocycles. The van der Waals surface area contributed by atoms with Crippen LogP contribution in [-0.4, -0.2) is 22.4 Å². The maximum atomic E-state index is 10.0. The quantitative estimate of drug-likeness (QED) is 0.791. The lowest BCUT2D eigenvalue weighted by atomic mass is 9.93. The first-order valence-corrected chi connectivity index (χ1v) is 5.67. The van der Waals surface area contributed by atoms with Crippen LogP contribution in [0.25, 0.3) is 0 Å². The van der Waals surface area contributed by atoms with Crippen molar-refractivity contribution >= 4 is 0 Å². The molecule has 1 unspecified atom stereocenters. The van der Waals surface area contributed by atoms with Gasteiger partial charge in [-0.05, 0) is 24.8 Å². The first kappa shape index (κ1) is 10.7. The lowest BCUT2D eigenvalue weighted by Crippen LogP contribution is -2.29. The number of aliphatic hydroxyl groups is 2. The molecule has 1 aliphatic carbocycles. The Balaban J connectivity index is 1.94. The summed E-state index contributed by atoms with van der Waals surface area (Å²) in [6.07, 6.45) is 2.79. The van der Waals surface area contributed by atoms with E-state index >= 15 is 0 Å². The third-order valence-corrected chi connectivity index (χ3v) is 3.31. The highest BCUT2D eigenvalue weighted by Crippen LogP contribution is 2.29. The third-order valence-electron chi connectivity index (χ3n) is 3.31. The van der Waals surface area contributed by atoms with E-state index in [1.54, 1.807) is 0 Å². The van der Waals surface area contributed by atoms with Gasteiger partial charge in [0.25, 0.3) is 0 Å². The summed E-state index contributed by atoms with van der Waals surface area (Å²) in [5.41, 5.74) is 1.14. The summed E-state index contributed by atoms with van der Waals surface area (Å²) >= 11 is 0. The largest absolute Gasteiger partial charge is 0.393 e. The van der Waals surface area contributed by atoms with Crippen molar-refractivity contribution in [1.29, 1.82) is 0 Å². The average molecular weight is 206 g/mol. The molecule has 0 aromatic heterocycles. The van der Waals surface area contributed by atoms with Crippen molar-refractivity contribution < 1.29 is 10.2 Å². The number of aliphatic hydroxyl groups excluding tert-OH is 2. The van der Waals surface area contributed by atoms with Gasteiger partial charge in [-0.1, -0.05) is 36.8 Å². The minimum Gasteiger partial charge on any atom is -0.393 e. The minimum absolute atomic E-state index is 0.0743. The lowest BCUT2D eigenvalue weighted by molar-refractivity contribution is 0.0320. The smallest absolute Gasteiger partial charge is 0.0633 e. The van der Waals surface area contributed by atoms with Gasteiger partial charge in [0, 0.05) is 5.92 Å². The van der Waals surface area contributed by atoms with Gasteiger partial charge in [-0.25, -0.2) is 0 Å². The van der Waals surface area contributed by atoms with Crippen LogP contribution in [0.1, 0.15) is 24.8 Å². The number of hydrogen-bond donors (Lipinski definition) is 2. The number of benzene rings is 1. The molecule has 15 heavy (non-hydrogen) atoms. The normalized spacial score (nSPS) is 27.9. The summed E-state index contributed by atoms with van der Waals surface area (Å²) in [7, 11) is 0. The molecule has 2 rings (SSSR count). The topological polar surface area (TPSA) is 40.5 Å². The van der Waals surface area contributed by atoms with Crippen LogP contribution < -0.4 is 0 Å². The molecule has 82 valence electrons. The molecule has 3 atom stereocenters. The Morgan fingerprint density at radius 1 is 1.20 bits per heavy atom. The molecule has 1 aromatic carbocycles. The van der Waals surface area contributed by atoms with Crippen LogP contribution in [-0.2, 0) is 6.42 Å². The van der Waals surface area contributed by atoms with E-state index in [0.717, 1.165) is 24.8 Å². The van der Waals surface area contributed by atoms with Gasteiger partial charge in [-0.3, -0.25) is 0 Å². The Morgan fingerprint density at radius 3 is 2.53 bits per heavy atom. The van der Waals surface area contributed by atoms with Crippen molar-refractivity contribution in [3.05, 3.63) is 35.9 Å². The molecular formula is C13H18O2. The van der Waals surface area contributed by atoms with Gasteiger partial charge in [-0.2, -0.15) is 0 Å². The van der Waals surface area contributed by atoms with E-state index in [0.29, 0.717) is 6.42 Å². The zero-order valence-electron chi connectivity index (χ0n) is 8.84. The fourth-order valence-electron chi connectivity index (χ4n) is 2.42. The van der Waals surface area contributed by atoms with Crippen molar-refractivity contribution in [2.45, 2.75) is 37.9 Å². The third kappa shape index (κ3) is 2.58. The molecule has 1 fully saturated rings. The van der Waals surface area contributed by atoms with Gasteiger partial charge in [0.1, 0.15) is 0 Å². The van der Waals surface area contributed by atoms with Crippen molar-refractivity contribution in [2.24, 2.45) is 5.92 Å². The van der Waals surface area contributed by atoms with Gasteiger partial charge in [-0.15, -0.1) is 0 Å². The van der Waals surface area contributed by atoms with Crippen molar-refractivity contribution in [2.75, 3.05) is 0 Å². The van der Waals surface area contributed by atoms with Crippen LogP contribution in [0.3, 0.4) is 0 Å². The van der Waals surface area contributed by atoms with E-state index in [1.165, 1.54) is 0 Å². The molecule has 0 spiro atoms. The average Bonchev–Trinajstić information content (AvgIpc) is 2.66. The summed E-state index contributed by atoms with van der Waals surface area (Å²) in [5.74, 6) is 0.0743. The SMILES string of the molecule is OC(Cc1ccccc1)[C@@H]1CCC[C@@H]1O. The summed E-state index contributed by atoms with van der Waals surface area (Å²) in [4.78, 5) is 0. The van der Waals surface area contributed by atoms with Crippen molar-refractivity contribution in [3.8, 4) is 0 Å². The Morgan fingerprint density at radius 2 is 1.93 bits per heavy atom. The number of rotatable bonds is 3. The molecule has 2 nitrogen and oxygen atoms in total. The number of hydrogen-bond acceptors (Lipinski definition) is 2. The highest BCUT2D eigenvalue weighted by molar-refractivity contribution is 5.15. The van der Waals surface area contributed by atoms with Crippen LogP contribution in [0, 0.1) is 5.92 Å². The Labute approximate surface area is 90.6 Å². The Kier molecular flexibility index (Phi) is 3.39. The summed E-state index contributed by atoms with van der Waals surface area (Å²) in [6.45, 7) is 0. The van der Waals surface area contributed by atoms with E-state index in [4.69, 9.17) is 0 Å². The zero-order valence-corrected chi connectivity index (χ0v) is 8.84. The predicted octanol–water partition coefficient (Wildman–Crippen LogP) is 1.75. The van der Waals surface area contributed by atoms with Crippen LogP contribution in [0.4, 0.5) is 0 Å². The molecule has 2 heteroatoms. The Hall–Kier alpha value is -0.860. The van der Waals surface area contributed by atoms with Crippen LogP contribution in [0.2, 0.25) is 0 Å². The maximum absolute atomic E-state index is 10.0. The predicted molar refractivity (Wildman–Crippen MR) is 59.5 cm³/mol. The molecule has 0 saturated heterocycles. The first-order chi connectivity index (χ1) is 7.27. The van der Waals surface area contributed by atoms with Gasteiger partial charge in [0.05, 0.1) is 12.2 Å². The lowest BCUT2D eigenvalue weighted by Gasteiger charge is -2.21. The molecular weight excluding hydrogens is 188 g/mol. The zero-order chi connectivity index (χ0) is 10.7. The standard InChI is InChI=1S/C13H18O2/c14-12-8-4-7-11(12)13(15)9-10-5-2-1-3-6-10/h1-3,5-6,11-15H,4,7-9H2/t11-,12+,13?/m1/s1.